The van der Waals surface area contributed by atoms with Crippen molar-refractivity contribution in [1.82, 2.24) is 9.97 Å². The van der Waals surface area contributed by atoms with E-state index in [1.165, 1.54) is 12.8 Å². The first kappa shape index (κ1) is 5.83. The van der Waals surface area contributed by atoms with Crippen molar-refractivity contribution in [2.24, 2.45) is 0 Å². The molecule has 0 saturated heterocycles. The molecule has 0 aromatic carbocycles. The summed E-state index contributed by atoms with van der Waals surface area (Å²) in [6.45, 7) is 0. The zero-order chi connectivity index (χ0) is 6.81. The Bertz CT molecular complexity index is 207. The van der Waals surface area contributed by atoms with Gasteiger partial charge in [0.2, 0.25) is 0 Å². The van der Waals surface area contributed by atoms with Crippen molar-refractivity contribution in [3.8, 4) is 0 Å². The van der Waals surface area contributed by atoms with Gasteiger partial charge in [-0.25, -0.2) is 9.97 Å². The average molecular weight is 132 g/mol. The average Bonchev–Trinajstić information content (AvgIpc) is 2.05. The largest absolute Gasteiger partial charge is 0.247 e. The quantitative estimate of drug-likeness (QED) is 0.525. The Hall–Kier alpha value is -0.920. The summed E-state index contributed by atoms with van der Waals surface area (Å²) in [6, 6.07) is 0. The molecule has 2 rings (SSSR count). The summed E-state index contributed by atoms with van der Waals surface area (Å²) >= 11 is 0. The molecule has 1 aromatic rings. The maximum absolute atomic E-state index is 4.08. The van der Waals surface area contributed by atoms with Crippen LogP contribution >= 0.6 is 0 Å². The van der Waals surface area contributed by atoms with E-state index in [2.05, 4.69) is 22.4 Å². The maximum Gasteiger partial charge on any atom is 0.119 e. The highest BCUT2D eigenvalue weighted by atomic mass is 14.8. The van der Waals surface area contributed by atoms with Crippen molar-refractivity contribution in [1.29, 1.82) is 0 Å². The molecule has 0 saturated carbocycles. The predicted molar refractivity (Wildman–Crippen MR) is 36.3 cm³/mol. The van der Waals surface area contributed by atoms with E-state index >= 15 is 0 Å². The molecule has 0 N–H and O–H groups in total. The molecule has 0 fully saturated rings. The van der Waals surface area contributed by atoms with Gasteiger partial charge in [-0.1, -0.05) is 0 Å². The fraction of sp³-hybridized carbons (Fsp3) is 0.500. The Morgan fingerprint density at radius 1 is 0.900 bits per heavy atom. The van der Waals surface area contributed by atoms with Gasteiger partial charge < -0.3 is 0 Å². The second kappa shape index (κ2) is 2.37. The minimum atomic E-state index is 1.08. The Morgan fingerprint density at radius 3 is 1.90 bits per heavy atom. The van der Waals surface area contributed by atoms with E-state index in [0.717, 1.165) is 24.2 Å². The van der Waals surface area contributed by atoms with E-state index in [9.17, 15) is 0 Å². The number of aryl methyl sites for hydroxylation is 2. The maximum atomic E-state index is 4.08. The molecule has 0 unspecified atom stereocenters. The lowest BCUT2D eigenvalue weighted by atomic mass is 10.0. The Labute approximate surface area is 60.3 Å². The summed E-state index contributed by atoms with van der Waals surface area (Å²) in [5, 5.41) is 0. The molecule has 0 spiro atoms. The van der Waals surface area contributed by atoms with E-state index < -0.39 is 0 Å². The first-order valence-electron chi connectivity index (χ1n) is 3.60. The molecule has 1 aromatic heterocycles. The second-order valence-electron chi connectivity index (χ2n) is 2.55. The molecule has 0 aliphatic heterocycles. The molecule has 1 aliphatic rings. The van der Waals surface area contributed by atoms with Crippen LogP contribution in [-0.4, -0.2) is 9.97 Å². The summed E-state index contributed by atoms with van der Waals surface area (Å²) < 4.78 is 0. The van der Waals surface area contributed by atoms with Gasteiger partial charge in [-0.2, -0.15) is 0 Å². The second-order valence-corrected chi connectivity index (χ2v) is 2.55. The number of aromatic nitrogens is 2. The lowest BCUT2D eigenvalue weighted by Crippen LogP contribution is -2.06. The smallest absolute Gasteiger partial charge is 0.119 e. The van der Waals surface area contributed by atoms with E-state index in [-0.39, 0.29) is 0 Å². The Kier molecular flexibility index (Phi) is 1.38. The predicted octanol–water partition coefficient (Wildman–Crippen LogP) is 0.956. The molecule has 0 atom stereocenters. The van der Waals surface area contributed by atoms with Crippen molar-refractivity contribution in [2.45, 2.75) is 25.7 Å². The minimum Gasteiger partial charge on any atom is -0.247 e. The van der Waals surface area contributed by atoms with Crippen molar-refractivity contribution in [3.63, 3.8) is 0 Å². The molecule has 1 aliphatic carbocycles. The number of rotatable bonds is 0. The number of hydrogen-bond donors (Lipinski definition) is 0. The van der Waals surface area contributed by atoms with Gasteiger partial charge in [0.1, 0.15) is 12.4 Å². The lowest BCUT2D eigenvalue weighted by Gasteiger charge is -2.10. The first-order chi connectivity index (χ1) is 4.97. The van der Waals surface area contributed by atoms with Gasteiger partial charge in [0, 0.05) is 0 Å². The van der Waals surface area contributed by atoms with Crippen LogP contribution in [0.15, 0.2) is 0 Å². The van der Waals surface area contributed by atoms with E-state index in [1.807, 2.05) is 0 Å². The number of nitrogens with zero attached hydrogens (tertiary/aromatic N) is 2. The molecule has 0 bridgehead atoms. The summed E-state index contributed by atoms with van der Waals surface area (Å²) in [5.41, 5.74) is 2.26. The van der Waals surface area contributed by atoms with Crippen LogP contribution in [0.25, 0.3) is 0 Å². The monoisotopic (exact) mass is 132 g/mol. The van der Waals surface area contributed by atoms with Gasteiger partial charge in [-0.15, -0.1) is 0 Å². The molecule has 10 heavy (non-hydrogen) atoms. The molecule has 2 nitrogen and oxygen atoms in total. The highest BCUT2D eigenvalue weighted by Gasteiger charge is 2.09. The molecular formula is C8H8N2. The van der Waals surface area contributed by atoms with Crippen LogP contribution in [0.5, 0.6) is 0 Å². The van der Waals surface area contributed by atoms with Gasteiger partial charge in [0.25, 0.3) is 0 Å². The van der Waals surface area contributed by atoms with E-state index in [1.54, 1.807) is 0 Å². The zero-order valence-corrected chi connectivity index (χ0v) is 5.72. The molecular weight excluding hydrogens is 124 g/mol. The summed E-state index contributed by atoms with van der Waals surface area (Å²) in [6.07, 6.45) is 9.92. The van der Waals surface area contributed by atoms with Gasteiger partial charge >= 0.3 is 0 Å². The van der Waals surface area contributed by atoms with Crippen LogP contribution < -0.4 is 0 Å². The van der Waals surface area contributed by atoms with E-state index in [4.69, 9.17) is 0 Å². The van der Waals surface area contributed by atoms with Crippen LogP contribution in [0, 0.1) is 12.4 Å². The fourth-order valence-corrected chi connectivity index (χ4v) is 1.30. The molecule has 0 amide bonds. The van der Waals surface area contributed by atoms with Gasteiger partial charge in [-0.05, 0) is 25.7 Å². The van der Waals surface area contributed by atoms with Crippen LogP contribution in [0.3, 0.4) is 0 Å². The number of hydrogen-bond acceptors (Lipinski definition) is 2. The van der Waals surface area contributed by atoms with Crippen molar-refractivity contribution >= 4 is 0 Å². The summed E-state index contributed by atoms with van der Waals surface area (Å²) in [7, 11) is 0. The Morgan fingerprint density at radius 2 is 1.40 bits per heavy atom. The normalized spacial score (nSPS) is 16.4. The van der Waals surface area contributed by atoms with Crippen LogP contribution in [0.2, 0.25) is 0 Å². The SMILES string of the molecule is [c]1[c]nc2c(n1)CCCC2. The van der Waals surface area contributed by atoms with Gasteiger partial charge in [0.15, 0.2) is 0 Å². The Balaban J connectivity index is 2.41. The number of fused-ring (bicyclic) bond motifs is 1. The van der Waals surface area contributed by atoms with Crippen molar-refractivity contribution in [2.75, 3.05) is 0 Å². The summed E-state index contributed by atoms with van der Waals surface area (Å²) in [4.78, 5) is 8.15. The molecule has 1 heterocycles. The first-order valence-corrected chi connectivity index (χ1v) is 3.60. The highest BCUT2D eigenvalue weighted by Crippen LogP contribution is 2.15. The third-order valence-electron chi connectivity index (χ3n) is 1.84. The third-order valence-corrected chi connectivity index (χ3v) is 1.84. The van der Waals surface area contributed by atoms with Crippen LogP contribution in [-0.2, 0) is 12.8 Å². The molecule has 2 radical (unpaired) electrons. The van der Waals surface area contributed by atoms with E-state index in [0.29, 0.717) is 0 Å². The molecule has 2 heteroatoms. The topological polar surface area (TPSA) is 25.8 Å². The minimum absolute atomic E-state index is 1.08. The van der Waals surface area contributed by atoms with Gasteiger partial charge in [0.05, 0.1) is 11.4 Å². The lowest BCUT2D eigenvalue weighted by molar-refractivity contribution is 0.647. The van der Waals surface area contributed by atoms with Crippen molar-refractivity contribution in [3.05, 3.63) is 23.8 Å². The fourth-order valence-electron chi connectivity index (χ4n) is 1.30. The van der Waals surface area contributed by atoms with Crippen LogP contribution in [0.1, 0.15) is 24.2 Å². The highest BCUT2D eigenvalue weighted by molar-refractivity contribution is 5.12. The standard InChI is InChI=1S/C8H8N2/c1-2-4-8-7(3-1)9-5-6-10-8/h1-4H2. The summed E-state index contributed by atoms with van der Waals surface area (Å²) in [5.74, 6) is 0. The molecule has 50 valence electrons. The third kappa shape index (κ3) is 0.897. The van der Waals surface area contributed by atoms with Gasteiger partial charge in [-0.3, -0.25) is 0 Å². The van der Waals surface area contributed by atoms with Crippen LogP contribution in [0.4, 0.5) is 0 Å². The van der Waals surface area contributed by atoms with Crippen molar-refractivity contribution < 1.29 is 0 Å². The zero-order valence-electron chi connectivity index (χ0n) is 5.72.